The van der Waals surface area contributed by atoms with Crippen LogP contribution in [-0.4, -0.2) is 48.4 Å². The van der Waals surface area contributed by atoms with Crippen molar-refractivity contribution in [3.8, 4) is 0 Å². The van der Waals surface area contributed by atoms with Crippen LogP contribution in [0.5, 0.6) is 0 Å². The second-order valence-electron chi connectivity index (χ2n) is 5.17. The lowest BCUT2D eigenvalue weighted by Crippen LogP contribution is -2.40. The third-order valence-corrected chi connectivity index (χ3v) is 5.24. The Kier molecular flexibility index (Phi) is 6.58. The van der Waals surface area contributed by atoms with Crippen LogP contribution in [0.2, 0.25) is 0 Å². The molecule has 0 aromatic carbocycles. The summed E-state index contributed by atoms with van der Waals surface area (Å²) in [4.78, 5) is 2.40. The van der Waals surface area contributed by atoms with Crippen molar-refractivity contribution in [3.63, 3.8) is 0 Å². The molecule has 102 valence electrons. The van der Waals surface area contributed by atoms with E-state index >= 15 is 0 Å². The zero-order valence-corrected chi connectivity index (χ0v) is 12.8. The summed E-state index contributed by atoms with van der Waals surface area (Å²) in [6.45, 7) is 9.01. The molecule has 0 radical (unpaired) electrons. The third kappa shape index (κ3) is 6.33. The van der Waals surface area contributed by atoms with E-state index in [4.69, 9.17) is 18.0 Å². The highest BCUT2D eigenvalue weighted by Crippen LogP contribution is 2.15. The van der Waals surface area contributed by atoms with Crippen molar-refractivity contribution in [2.75, 3.05) is 25.4 Å². The number of thiocarbonyl (C=S) groups is 1. The molecule has 0 saturated carbocycles. The van der Waals surface area contributed by atoms with Crippen LogP contribution in [0.4, 0.5) is 0 Å². The minimum atomic E-state index is -3.07. The predicted octanol–water partition coefficient (Wildman–Crippen LogP) is 1.20. The normalized spacial score (nSPS) is 13.0. The number of nitrogens with two attached hydrogens (primary N) is 1. The Morgan fingerprint density at radius 2 is 1.82 bits per heavy atom. The monoisotopic (exact) mass is 280 g/mol. The van der Waals surface area contributed by atoms with Crippen LogP contribution < -0.4 is 5.73 Å². The van der Waals surface area contributed by atoms with Crippen LogP contribution in [0.15, 0.2) is 0 Å². The van der Waals surface area contributed by atoms with Crippen LogP contribution in [0, 0.1) is 0 Å². The van der Waals surface area contributed by atoms with E-state index in [0.717, 1.165) is 13.0 Å². The first-order chi connectivity index (χ1) is 7.60. The SMILES string of the molecule is CCCN(CCS(=O)(=O)C(C)(C)C)CC(N)=S. The predicted molar refractivity (Wildman–Crippen MR) is 77.1 cm³/mol. The maximum atomic E-state index is 12.0. The van der Waals surface area contributed by atoms with Gasteiger partial charge in [-0.25, -0.2) is 8.42 Å². The summed E-state index contributed by atoms with van der Waals surface area (Å²) in [6, 6.07) is 0. The van der Waals surface area contributed by atoms with Crippen molar-refractivity contribution in [1.29, 1.82) is 0 Å². The molecular formula is C11H24N2O2S2. The Balaban J connectivity index is 4.45. The largest absolute Gasteiger partial charge is 0.392 e. The summed E-state index contributed by atoms with van der Waals surface area (Å²) in [5, 5.41) is 0. The molecule has 0 aromatic heterocycles. The fourth-order valence-electron chi connectivity index (χ4n) is 1.36. The van der Waals surface area contributed by atoms with Gasteiger partial charge in [0.05, 0.1) is 15.5 Å². The maximum Gasteiger partial charge on any atom is 0.156 e. The smallest absolute Gasteiger partial charge is 0.156 e. The first-order valence-electron chi connectivity index (χ1n) is 5.83. The van der Waals surface area contributed by atoms with Crippen LogP contribution in [-0.2, 0) is 9.84 Å². The lowest BCUT2D eigenvalue weighted by Gasteiger charge is -2.24. The van der Waals surface area contributed by atoms with Crippen molar-refractivity contribution >= 4 is 27.0 Å². The second kappa shape index (κ2) is 6.66. The average Bonchev–Trinajstić information content (AvgIpc) is 2.12. The molecule has 0 heterocycles. The third-order valence-electron chi connectivity index (χ3n) is 2.53. The molecule has 4 nitrogen and oxygen atoms in total. The first kappa shape index (κ1) is 16.8. The van der Waals surface area contributed by atoms with E-state index in [2.05, 4.69) is 0 Å². The van der Waals surface area contributed by atoms with Gasteiger partial charge < -0.3 is 5.73 Å². The Morgan fingerprint density at radius 3 is 2.18 bits per heavy atom. The van der Waals surface area contributed by atoms with E-state index in [1.807, 2.05) is 11.8 Å². The Hall–Kier alpha value is -0.200. The number of nitrogens with zero attached hydrogens (tertiary/aromatic N) is 1. The van der Waals surface area contributed by atoms with Crippen molar-refractivity contribution < 1.29 is 8.42 Å². The van der Waals surface area contributed by atoms with Crippen molar-refractivity contribution in [2.24, 2.45) is 5.73 Å². The molecule has 17 heavy (non-hydrogen) atoms. The average molecular weight is 280 g/mol. The minimum Gasteiger partial charge on any atom is -0.392 e. The van der Waals surface area contributed by atoms with Crippen LogP contribution in [0.1, 0.15) is 34.1 Å². The number of sulfone groups is 1. The standard InChI is InChI=1S/C11H24N2O2S2/c1-5-6-13(9-10(12)16)7-8-17(14,15)11(2,3)4/h5-9H2,1-4H3,(H2,12,16). The molecule has 0 amide bonds. The number of rotatable bonds is 7. The highest BCUT2D eigenvalue weighted by Gasteiger charge is 2.28. The van der Waals surface area contributed by atoms with Gasteiger partial charge in [0.25, 0.3) is 0 Å². The topological polar surface area (TPSA) is 63.4 Å². The van der Waals surface area contributed by atoms with Gasteiger partial charge in [0, 0.05) is 13.1 Å². The Bertz CT molecular complexity index is 345. The van der Waals surface area contributed by atoms with E-state index in [1.54, 1.807) is 20.8 Å². The van der Waals surface area contributed by atoms with E-state index in [9.17, 15) is 8.42 Å². The summed E-state index contributed by atoms with van der Waals surface area (Å²) in [5.41, 5.74) is 5.49. The Morgan fingerprint density at radius 1 is 1.29 bits per heavy atom. The van der Waals surface area contributed by atoms with E-state index in [1.165, 1.54) is 0 Å². The second-order valence-corrected chi connectivity index (χ2v) is 8.56. The maximum absolute atomic E-state index is 12.0. The molecule has 0 spiro atoms. The fourth-order valence-corrected chi connectivity index (χ4v) is 2.66. The van der Waals surface area contributed by atoms with Gasteiger partial charge in [0.15, 0.2) is 9.84 Å². The summed E-state index contributed by atoms with van der Waals surface area (Å²) >= 11 is 4.85. The molecular weight excluding hydrogens is 256 g/mol. The zero-order chi connectivity index (χ0) is 13.7. The van der Waals surface area contributed by atoms with Gasteiger partial charge in [-0.05, 0) is 33.7 Å². The van der Waals surface area contributed by atoms with Gasteiger partial charge in [-0.3, -0.25) is 4.90 Å². The van der Waals surface area contributed by atoms with Crippen molar-refractivity contribution in [1.82, 2.24) is 4.90 Å². The quantitative estimate of drug-likeness (QED) is 0.710. The van der Waals surface area contributed by atoms with Crippen LogP contribution in [0.3, 0.4) is 0 Å². The molecule has 0 aliphatic heterocycles. The molecule has 0 saturated heterocycles. The lowest BCUT2D eigenvalue weighted by atomic mass is 10.3. The van der Waals surface area contributed by atoms with E-state index in [-0.39, 0.29) is 5.75 Å². The summed E-state index contributed by atoms with van der Waals surface area (Å²) in [6.07, 6.45) is 0.957. The van der Waals surface area contributed by atoms with Crippen molar-refractivity contribution in [2.45, 2.75) is 38.9 Å². The molecule has 0 atom stereocenters. The number of hydrogen-bond donors (Lipinski definition) is 1. The van der Waals surface area contributed by atoms with Crippen molar-refractivity contribution in [3.05, 3.63) is 0 Å². The van der Waals surface area contributed by atoms with Gasteiger partial charge in [0.2, 0.25) is 0 Å². The lowest BCUT2D eigenvalue weighted by molar-refractivity contribution is 0.329. The van der Waals surface area contributed by atoms with Gasteiger partial charge in [-0.1, -0.05) is 19.1 Å². The Labute approximate surface area is 110 Å². The van der Waals surface area contributed by atoms with Gasteiger partial charge in [0.1, 0.15) is 0 Å². The highest BCUT2D eigenvalue weighted by molar-refractivity contribution is 7.92. The summed E-state index contributed by atoms with van der Waals surface area (Å²) in [5.74, 6) is 0.152. The highest BCUT2D eigenvalue weighted by atomic mass is 32.2. The molecule has 0 aliphatic rings. The first-order valence-corrected chi connectivity index (χ1v) is 7.89. The van der Waals surface area contributed by atoms with Gasteiger partial charge in [-0.15, -0.1) is 0 Å². The molecule has 6 heteroatoms. The minimum absolute atomic E-state index is 0.152. The molecule has 0 unspecified atom stereocenters. The number of hydrogen-bond acceptors (Lipinski definition) is 4. The zero-order valence-electron chi connectivity index (χ0n) is 11.2. The molecule has 0 rings (SSSR count). The van der Waals surface area contributed by atoms with E-state index < -0.39 is 14.6 Å². The van der Waals surface area contributed by atoms with Gasteiger partial charge in [-0.2, -0.15) is 0 Å². The van der Waals surface area contributed by atoms with Crippen LogP contribution >= 0.6 is 12.2 Å². The fraction of sp³-hybridized carbons (Fsp3) is 0.909. The summed E-state index contributed by atoms with van der Waals surface area (Å²) < 4.78 is 23.2. The van der Waals surface area contributed by atoms with Gasteiger partial charge >= 0.3 is 0 Å². The molecule has 0 bridgehead atoms. The van der Waals surface area contributed by atoms with Crippen LogP contribution in [0.25, 0.3) is 0 Å². The molecule has 0 aromatic rings. The summed E-state index contributed by atoms with van der Waals surface area (Å²) in [7, 11) is -3.07. The molecule has 0 aliphatic carbocycles. The van der Waals surface area contributed by atoms with E-state index in [0.29, 0.717) is 18.1 Å². The molecule has 0 fully saturated rings. The molecule has 2 N–H and O–H groups in total.